The second-order valence-corrected chi connectivity index (χ2v) is 4.26. The van der Waals surface area contributed by atoms with Gasteiger partial charge in [0.2, 0.25) is 0 Å². The van der Waals surface area contributed by atoms with Crippen LogP contribution in [-0.4, -0.2) is 33.1 Å². The van der Waals surface area contributed by atoms with Gasteiger partial charge in [0.25, 0.3) is 5.91 Å². The van der Waals surface area contributed by atoms with Gasteiger partial charge in [-0.25, -0.2) is 4.79 Å². The summed E-state index contributed by atoms with van der Waals surface area (Å²) < 4.78 is 0. The van der Waals surface area contributed by atoms with Crippen LogP contribution in [0.2, 0.25) is 0 Å². The van der Waals surface area contributed by atoms with E-state index < -0.39 is 11.2 Å². The number of imidazole rings is 1. The molecule has 2 rings (SSSR count). The van der Waals surface area contributed by atoms with Crippen molar-refractivity contribution >= 4 is 5.91 Å². The van der Waals surface area contributed by atoms with Crippen LogP contribution in [0.5, 0.6) is 0 Å². The molecule has 6 heteroatoms. The number of aliphatic hydroxyl groups is 1. The molecule has 0 bridgehead atoms. The van der Waals surface area contributed by atoms with Crippen molar-refractivity contribution in [3.63, 3.8) is 0 Å². The first-order valence-electron chi connectivity index (χ1n) is 5.36. The summed E-state index contributed by atoms with van der Waals surface area (Å²) in [4.78, 5) is 27.4. The molecule has 1 aliphatic carbocycles. The summed E-state index contributed by atoms with van der Waals surface area (Å²) in [6.45, 7) is -0.0621. The smallest absolute Gasteiger partial charge is 0.323 e. The molecular weight excluding hydrogens is 210 g/mol. The number of H-pyrrole nitrogens is 2. The third-order valence-corrected chi connectivity index (χ3v) is 3.08. The first kappa shape index (κ1) is 10.9. The standard InChI is InChI=1S/C10H15N3O3/c14-6-10(3-1-2-4-10)13-8(15)7-5-11-9(16)12-7/h5,14H,1-4,6H2,(H,13,15)(H2,11,12,16). The van der Waals surface area contributed by atoms with E-state index in [9.17, 15) is 14.7 Å². The summed E-state index contributed by atoms with van der Waals surface area (Å²) in [6, 6.07) is 0. The van der Waals surface area contributed by atoms with Crippen LogP contribution in [0.15, 0.2) is 11.0 Å². The molecule has 0 aromatic carbocycles. The van der Waals surface area contributed by atoms with Gasteiger partial charge in [-0.2, -0.15) is 0 Å². The number of amides is 1. The van der Waals surface area contributed by atoms with Crippen molar-refractivity contribution in [3.8, 4) is 0 Å². The van der Waals surface area contributed by atoms with E-state index >= 15 is 0 Å². The largest absolute Gasteiger partial charge is 0.394 e. The highest BCUT2D eigenvalue weighted by Gasteiger charge is 2.35. The van der Waals surface area contributed by atoms with Crippen LogP contribution in [-0.2, 0) is 0 Å². The molecular formula is C10H15N3O3. The fourth-order valence-electron chi connectivity index (χ4n) is 2.14. The van der Waals surface area contributed by atoms with Crippen LogP contribution in [0, 0.1) is 0 Å². The minimum absolute atomic E-state index is 0.0621. The maximum Gasteiger partial charge on any atom is 0.323 e. The summed E-state index contributed by atoms with van der Waals surface area (Å²) in [5.74, 6) is -0.352. The van der Waals surface area contributed by atoms with Gasteiger partial charge >= 0.3 is 5.69 Å². The molecule has 0 radical (unpaired) electrons. The molecule has 1 aromatic rings. The zero-order valence-electron chi connectivity index (χ0n) is 8.88. The van der Waals surface area contributed by atoms with E-state index in [-0.39, 0.29) is 18.2 Å². The second-order valence-electron chi connectivity index (χ2n) is 4.26. The predicted molar refractivity (Wildman–Crippen MR) is 57.2 cm³/mol. The quantitative estimate of drug-likeness (QED) is 0.570. The van der Waals surface area contributed by atoms with Gasteiger partial charge in [-0.3, -0.25) is 4.79 Å². The number of aliphatic hydroxyl groups excluding tert-OH is 1. The lowest BCUT2D eigenvalue weighted by Gasteiger charge is -2.27. The highest BCUT2D eigenvalue weighted by molar-refractivity contribution is 5.92. The zero-order chi connectivity index (χ0) is 11.6. The van der Waals surface area contributed by atoms with Crippen molar-refractivity contribution in [2.45, 2.75) is 31.2 Å². The molecule has 1 saturated carbocycles. The lowest BCUT2D eigenvalue weighted by atomic mass is 9.99. The van der Waals surface area contributed by atoms with Crippen molar-refractivity contribution in [1.29, 1.82) is 0 Å². The van der Waals surface area contributed by atoms with Crippen molar-refractivity contribution in [1.82, 2.24) is 15.3 Å². The average molecular weight is 225 g/mol. The molecule has 1 aliphatic rings. The van der Waals surface area contributed by atoms with Gasteiger partial charge in [-0.1, -0.05) is 12.8 Å². The molecule has 1 heterocycles. The Labute approximate surface area is 92.1 Å². The molecule has 6 nitrogen and oxygen atoms in total. The number of hydrogen-bond donors (Lipinski definition) is 4. The predicted octanol–water partition coefficient (Wildman–Crippen LogP) is -0.262. The third-order valence-electron chi connectivity index (χ3n) is 3.08. The highest BCUT2D eigenvalue weighted by Crippen LogP contribution is 2.29. The van der Waals surface area contributed by atoms with Crippen molar-refractivity contribution in [2.24, 2.45) is 0 Å². The monoisotopic (exact) mass is 225 g/mol. The number of rotatable bonds is 3. The van der Waals surface area contributed by atoms with E-state index in [1.165, 1.54) is 6.20 Å². The molecule has 1 fully saturated rings. The van der Waals surface area contributed by atoms with E-state index in [2.05, 4.69) is 15.3 Å². The topological polar surface area (TPSA) is 98.0 Å². The molecule has 4 N–H and O–H groups in total. The average Bonchev–Trinajstić information content (AvgIpc) is 2.88. The minimum atomic E-state index is -0.509. The third kappa shape index (κ3) is 2.01. The molecule has 1 aromatic heterocycles. The van der Waals surface area contributed by atoms with E-state index in [1.807, 2.05) is 0 Å². The molecule has 0 saturated heterocycles. The maximum atomic E-state index is 11.8. The van der Waals surface area contributed by atoms with Gasteiger partial charge in [-0.05, 0) is 12.8 Å². The number of nitrogens with one attached hydrogen (secondary N) is 3. The van der Waals surface area contributed by atoms with Crippen LogP contribution in [0.25, 0.3) is 0 Å². The Balaban J connectivity index is 2.09. The summed E-state index contributed by atoms with van der Waals surface area (Å²) in [7, 11) is 0. The Bertz CT molecular complexity index is 429. The summed E-state index contributed by atoms with van der Waals surface area (Å²) in [6.07, 6.45) is 4.90. The van der Waals surface area contributed by atoms with Crippen molar-refractivity contribution < 1.29 is 9.90 Å². The van der Waals surface area contributed by atoms with Crippen molar-refractivity contribution in [3.05, 3.63) is 22.4 Å². The zero-order valence-corrected chi connectivity index (χ0v) is 8.88. The molecule has 16 heavy (non-hydrogen) atoms. The highest BCUT2D eigenvalue weighted by atomic mass is 16.3. The van der Waals surface area contributed by atoms with E-state index in [4.69, 9.17) is 0 Å². The van der Waals surface area contributed by atoms with Crippen LogP contribution in [0.3, 0.4) is 0 Å². The Kier molecular flexibility index (Phi) is 2.82. The van der Waals surface area contributed by atoms with Crippen LogP contribution < -0.4 is 11.0 Å². The number of carbonyl (C=O) groups is 1. The summed E-state index contributed by atoms with van der Waals surface area (Å²) in [5, 5.41) is 12.1. The first-order valence-corrected chi connectivity index (χ1v) is 5.36. The van der Waals surface area contributed by atoms with E-state index in [0.717, 1.165) is 25.7 Å². The van der Waals surface area contributed by atoms with Gasteiger partial charge in [0.15, 0.2) is 0 Å². The maximum absolute atomic E-state index is 11.8. The Morgan fingerprint density at radius 1 is 1.50 bits per heavy atom. The van der Waals surface area contributed by atoms with Crippen molar-refractivity contribution in [2.75, 3.05) is 6.61 Å². The van der Waals surface area contributed by atoms with Crippen LogP contribution in [0.1, 0.15) is 36.2 Å². The van der Waals surface area contributed by atoms with Gasteiger partial charge in [0.1, 0.15) is 5.69 Å². The van der Waals surface area contributed by atoms with Crippen LogP contribution >= 0.6 is 0 Å². The normalized spacial score (nSPS) is 18.6. The summed E-state index contributed by atoms with van der Waals surface area (Å²) >= 11 is 0. The Morgan fingerprint density at radius 2 is 2.19 bits per heavy atom. The number of aromatic amines is 2. The Hall–Kier alpha value is -1.56. The first-order chi connectivity index (χ1) is 7.65. The molecule has 0 atom stereocenters. The SMILES string of the molecule is O=C(NC1(CO)CCCC1)c1c[nH]c(=O)[nH]1. The number of carbonyl (C=O) groups excluding carboxylic acids is 1. The molecule has 0 spiro atoms. The minimum Gasteiger partial charge on any atom is -0.394 e. The summed E-state index contributed by atoms with van der Waals surface area (Å²) in [5.41, 5.74) is -0.718. The second kappa shape index (κ2) is 4.13. The lowest BCUT2D eigenvalue weighted by Crippen LogP contribution is -2.49. The molecule has 88 valence electrons. The van der Waals surface area contributed by atoms with Gasteiger partial charge in [-0.15, -0.1) is 0 Å². The lowest BCUT2D eigenvalue weighted by molar-refractivity contribution is 0.0834. The fourth-order valence-corrected chi connectivity index (χ4v) is 2.14. The molecule has 0 unspecified atom stereocenters. The van der Waals surface area contributed by atoms with Gasteiger partial charge in [0.05, 0.1) is 12.1 Å². The Morgan fingerprint density at radius 3 is 2.69 bits per heavy atom. The van der Waals surface area contributed by atoms with E-state index in [1.54, 1.807) is 0 Å². The van der Waals surface area contributed by atoms with Gasteiger partial charge < -0.3 is 20.4 Å². The number of hydrogen-bond acceptors (Lipinski definition) is 3. The number of aromatic nitrogens is 2. The molecule has 1 amide bonds. The van der Waals surface area contributed by atoms with Gasteiger partial charge in [0, 0.05) is 6.20 Å². The van der Waals surface area contributed by atoms with Crippen LogP contribution in [0.4, 0.5) is 0 Å². The van der Waals surface area contributed by atoms with E-state index in [0.29, 0.717) is 0 Å². The fraction of sp³-hybridized carbons (Fsp3) is 0.600. The molecule has 0 aliphatic heterocycles.